The van der Waals surface area contributed by atoms with Crippen molar-refractivity contribution in [2.24, 2.45) is 5.92 Å². The molecule has 0 aliphatic heterocycles. The molecule has 0 saturated heterocycles. The number of para-hydroxylation sites is 1. The van der Waals surface area contributed by atoms with E-state index in [0.29, 0.717) is 0 Å². The Kier molecular flexibility index (Phi) is 4.35. The van der Waals surface area contributed by atoms with Gasteiger partial charge in [-0.1, -0.05) is 32.0 Å². The molecule has 0 spiro atoms. The molecule has 0 aliphatic carbocycles. The number of rotatable bonds is 4. The molecule has 1 atom stereocenters. The third-order valence-corrected chi connectivity index (χ3v) is 2.34. The first kappa shape index (κ1) is 12.6. The van der Waals surface area contributed by atoms with Gasteiger partial charge in [0.2, 0.25) is 0 Å². The lowest BCUT2D eigenvalue weighted by Gasteiger charge is -2.17. The SMILES string of the molecule is COc1ccccc1[C@H](C)OC(=O)C(C)C. The van der Waals surface area contributed by atoms with Crippen molar-refractivity contribution in [3.63, 3.8) is 0 Å². The quantitative estimate of drug-likeness (QED) is 0.735. The van der Waals surface area contributed by atoms with E-state index < -0.39 is 0 Å². The minimum atomic E-state index is -0.286. The maximum Gasteiger partial charge on any atom is 0.308 e. The molecule has 0 radical (unpaired) electrons. The molecule has 1 aromatic rings. The van der Waals surface area contributed by atoms with Crippen molar-refractivity contribution in [1.29, 1.82) is 0 Å². The zero-order chi connectivity index (χ0) is 12.1. The first-order chi connectivity index (χ1) is 7.56. The van der Waals surface area contributed by atoms with Crippen molar-refractivity contribution in [3.05, 3.63) is 29.8 Å². The van der Waals surface area contributed by atoms with E-state index in [1.807, 2.05) is 45.0 Å². The summed E-state index contributed by atoms with van der Waals surface area (Å²) in [6, 6.07) is 7.54. The number of ether oxygens (including phenoxy) is 2. The number of hydrogen-bond acceptors (Lipinski definition) is 3. The third kappa shape index (κ3) is 2.99. The fourth-order valence-electron chi connectivity index (χ4n) is 1.38. The van der Waals surface area contributed by atoms with Gasteiger partial charge in [0, 0.05) is 5.56 Å². The van der Waals surface area contributed by atoms with Gasteiger partial charge in [-0.25, -0.2) is 0 Å². The average molecular weight is 222 g/mol. The van der Waals surface area contributed by atoms with Crippen LogP contribution in [0.5, 0.6) is 5.75 Å². The van der Waals surface area contributed by atoms with Crippen molar-refractivity contribution >= 4 is 5.97 Å². The number of carbonyl (C=O) groups excluding carboxylic acids is 1. The number of methoxy groups -OCH3 is 1. The summed E-state index contributed by atoms with van der Waals surface area (Å²) in [5, 5.41) is 0. The monoisotopic (exact) mass is 222 g/mol. The summed E-state index contributed by atoms with van der Waals surface area (Å²) < 4.78 is 10.5. The van der Waals surface area contributed by atoms with Crippen LogP contribution in [-0.4, -0.2) is 13.1 Å². The highest BCUT2D eigenvalue weighted by Gasteiger charge is 2.17. The van der Waals surface area contributed by atoms with Crippen LogP contribution in [0.15, 0.2) is 24.3 Å². The van der Waals surface area contributed by atoms with Gasteiger partial charge in [0.1, 0.15) is 11.9 Å². The van der Waals surface area contributed by atoms with Crippen LogP contribution in [0.4, 0.5) is 0 Å². The summed E-state index contributed by atoms with van der Waals surface area (Å²) in [5.74, 6) is 0.433. The average Bonchev–Trinajstić information content (AvgIpc) is 2.28. The highest BCUT2D eigenvalue weighted by Crippen LogP contribution is 2.27. The summed E-state index contributed by atoms with van der Waals surface area (Å²) in [5.41, 5.74) is 0.888. The van der Waals surface area contributed by atoms with Gasteiger partial charge in [-0.15, -0.1) is 0 Å². The van der Waals surface area contributed by atoms with E-state index in [4.69, 9.17) is 9.47 Å². The molecule has 0 heterocycles. The highest BCUT2D eigenvalue weighted by molar-refractivity contribution is 5.71. The van der Waals surface area contributed by atoms with Crippen molar-refractivity contribution in [2.45, 2.75) is 26.9 Å². The number of carbonyl (C=O) groups is 1. The van der Waals surface area contributed by atoms with Crippen molar-refractivity contribution < 1.29 is 14.3 Å². The van der Waals surface area contributed by atoms with Crippen LogP contribution in [0.1, 0.15) is 32.4 Å². The molecule has 0 aliphatic rings. The summed E-state index contributed by atoms with van der Waals surface area (Å²) in [6.07, 6.45) is -0.286. The van der Waals surface area contributed by atoms with Crippen LogP contribution in [0.2, 0.25) is 0 Å². The lowest BCUT2D eigenvalue weighted by Crippen LogP contribution is -2.14. The molecular weight excluding hydrogens is 204 g/mol. The molecule has 0 saturated carbocycles. The Labute approximate surface area is 96.4 Å². The van der Waals surface area contributed by atoms with Gasteiger partial charge in [0.05, 0.1) is 13.0 Å². The zero-order valence-electron chi connectivity index (χ0n) is 10.2. The predicted octanol–water partition coefficient (Wildman–Crippen LogP) is 2.96. The topological polar surface area (TPSA) is 35.5 Å². The van der Waals surface area contributed by atoms with Crippen LogP contribution in [0.25, 0.3) is 0 Å². The van der Waals surface area contributed by atoms with Crippen LogP contribution in [0.3, 0.4) is 0 Å². The van der Waals surface area contributed by atoms with E-state index in [0.717, 1.165) is 11.3 Å². The van der Waals surface area contributed by atoms with Gasteiger partial charge in [-0.2, -0.15) is 0 Å². The van der Waals surface area contributed by atoms with Crippen molar-refractivity contribution in [1.82, 2.24) is 0 Å². The summed E-state index contributed by atoms with van der Waals surface area (Å²) in [7, 11) is 1.61. The number of benzene rings is 1. The van der Waals surface area contributed by atoms with Gasteiger partial charge in [0.15, 0.2) is 0 Å². The maximum atomic E-state index is 11.5. The second kappa shape index (κ2) is 5.54. The Morgan fingerprint density at radius 3 is 2.38 bits per heavy atom. The first-order valence-corrected chi connectivity index (χ1v) is 5.39. The van der Waals surface area contributed by atoms with Gasteiger partial charge in [-0.05, 0) is 13.0 Å². The van der Waals surface area contributed by atoms with E-state index in [9.17, 15) is 4.79 Å². The summed E-state index contributed by atoms with van der Waals surface area (Å²) in [6.45, 7) is 5.48. The van der Waals surface area contributed by atoms with E-state index in [-0.39, 0.29) is 18.0 Å². The normalized spacial score (nSPS) is 12.3. The van der Waals surface area contributed by atoms with Gasteiger partial charge < -0.3 is 9.47 Å². The fourth-order valence-corrected chi connectivity index (χ4v) is 1.38. The Bertz CT molecular complexity index is 358. The number of hydrogen-bond donors (Lipinski definition) is 0. The largest absolute Gasteiger partial charge is 0.496 e. The Morgan fingerprint density at radius 1 is 1.19 bits per heavy atom. The third-order valence-electron chi connectivity index (χ3n) is 2.34. The molecule has 0 aromatic heterocycles. The minimum absolute atomic E-state index is 0.114. The Morgan fingerprint density at radius 2 is 1.81 bits per heavy atom. The summed E-state index contributed by atoms with van der Waals surface area (Å²) in [4.78, 5) is 11.5. The van der Waals surface area contributed by atoms with Gasteiger partial charge >= 0.3 is 5.97 Å². The van der Waals surface area contributed by atoms with Crippen molar-refractivity contribution in [3.8, 4) is 5.75 Å². The molecule has 1 rings (SSSR count). The molecule has 3 heteroatoms. The smallest absolute Gasteiger partial charge is 0.308 e. The van der Waals surface area contributed by atoms with E-state index in [2.05, 4.69) is 0 Å². The summed E-state index contributed by atoms with van der Waals surface area (Å²) >= 11 is 0. The van der Waals surface area contributed by atoms with Crippen molar-refractivity contribution in [2.75, 3.05) is 7.11 Å². The second-order valence-corrected chi connectivity index (χ2v) is 3.98. The van der Waals surface area contributed by atoms with Crippen LogP contribution in [-0.2, 0) is 9.53 Å². The van der Waals surface area contributed by atoms with Gasteiger partial charge in [-0.3, -0.25) is 4.79 Å². The minimum Gasteiger partial charge on any atom is -0.496 e. The molecule has 0 unspecified atom stereocenters. The molecule has 1 aromatic carbocycles. The molecule has 3 nitrogen and oxygen atoms in total. The second-order valence-electron chi connectivity index (χ2n) is 3.98. The van der Waals surface area contributed by atoms with Crippen LogP contribution < -0.4 is 4.74 Å². The van der Waals surface area contributed by atoms with Crippen LogP contribution >= 0.6 is 0 Å². The first-order valence-electron chi connectivity index (χ1n) is 5.39. The highest BCUT2D eigenvalue weighted by atomic mass is 16.5. The van der Waals surface area contributed by atoms with E-state index in [1.54, 1.807) is 7.11 Å². The zero-order valence-corrected chi connectivity index (χ0v) is 10.2. The molecule has 0 N–H and O–H groups in total. The predicted molar refractivity (Wildman–Crippen MR) is 62.3 cm³/mol. The Hall–Kier alpha value is -1.51. The molecule has 0 fully saturated rings. The molecular formula is C13H18O3. The van der Waals surface area contributed by atoms with E-state index in [1.165, 1.54) is 0 Å². The van der Waals surface area contributed by atoms with E-state index >= 15 is 0 Å². The Balaban J connectivity index is 2.80. The standard InChI is InChI=1S/C13H18O3/c1-9(2)13(14)16-10(3)11-7-5-6-8-12(11)15-4/h5-10H,1-4H3/t10-/m0/s1. The molecule has 16 heavy (non-hydrogen) atoms. The fraction of sp³-hybridized carbons (Fsp3) is 0.462. The van der Waals surface area contributed by atoms with Crippen LogP contribution in [0, 0.1) is 5.92 Å². The van der Waals surface area contributed by atoms with Gasteiger partial charge in [0.25, 0.3) is 0 Å². The molecule has 88 valence electrons. The lowest BCUT2D eigenvalue weighted by atomic mass is 10.1. The molecule has 0 bridgehead atoms. The lowest BCUT2D eigenvalue weighted by molar-refractivity contribution is -0.152. The molecule has 0 amide bonds. The maximum absolute atomic E-state index is 11.5. The number of esters is 1.